The van der Waals surface area contributed by atoms with Crippen molar-refractivity contribution in [2.45, 2.75) is 38.8 Å². The second kappa shape index (κ2) is 5.06. The van der Waals surface area contributed by atoms with Gasteiger partial charge in [-0.2, -0.15) is 0 Å². The predicted molar refractivity (Wildman–Crippen MR) is 69.1 cm³/mol. The van der Waals surface area contributed by atoms with Crippen LogP contribution in [-0.4, -0.2) is 33.0 Å². The molecule has 18 heavy (non-hydrogen) atoms. The standard InChI is InChI=1S/C14H20N2O2/c1-14(2)8-11(7-13(17)18)9-16(14)10-12-5-3-4-6-15-12/h3-6,11H,7-10H2,1-2H3,(H,17,18). The summed E-state index contributed by atoms with van der Waals surface area (Å²) >= 11 is 0. The molecule has 0 radical (unpaired) electrons. The van der Waals surface area contributed by atoms with Crippen molar-refractivity contribution in [1.29, 1.82) is 0 Å². The normalized spacial score (nSPS) is 23.1. The van der Waals surface area contributed by atoms with Gasteiger partial charge in [-0.3, -0.25) is 14.7 Å². The van der Waals surface area contributed by atoms with E-state index in [1.165, 1.54) is 0 Å². The smallest absolute Gasteiger partial charge is 0.303 e. The number of likely N-dealkylation sites (tertiary alicyclic amines) is 1. The maximum atomic E-state index is 10.8. The summed E-state index contributed by atoms with van der Waals surface area (Å²) in [4.78, 5) is 17.5. The van der Waals surface area contributed by atoms with Gasteiger partial charge in [0.15, 0.2) is 0 Å². The average Bonchev–Trinajstić information content (AvgIpc) is 2.53. The van der Waals surface area contributed by atoms with Gasteiger partial charge in [-0.25, -0.2) is 0 Å². The van der Waals surface area contributed by atoms with E-state index in [1.807, 2.05) is 18.2 Å². The molecule has 0 saturated carbocycles. The second-order valence-corrected chi connectivity index (χ2v) is 5.68. The molecule has 1 fully saturated rings. The van der Waals surface area contributed by atoms with Crippen LogP contribution in [0.1, 0.15) is 32.4 Å². The number of carboxylic acid groups (broad SMARTS) is 1. The first-order valence-electron chi connectivity index (χ1n) is 6.34. The predicted octanol–water partition coefficient (Wildman–Crippen LogP) is 2.16. The van der Waals surface area contributed by atoms with Crippen LogP contribution in [0.25, 0.3) is 0 Å². The highest BCUT2D eigenvalue weighted by molar-refractivity contribution is 5.67. The fraction of sp³-hybridized carbons (Fsp3) is 0.571. The Morgan fingerprint density at radius 3 is 2.94 bits per heavy atom. The van der Waals surface area contributed by atoms with Crippen LogP contribution >= 0.6 is 0 Å². The third kappa shape index (κ3) is 3.07. The SMILES string of the molecule is CC1(C)CC(CC(=O)O)CN1Cc1ccccn1. The van der Waals surface area contributed by atoms with Crippen LogP contribution < -0.4 is 0 Å². The molecular weight excluding hydrogens is 228 g/mol. The van der Waals surface area contributed by atoms with Crippen molar-refractivity contribution >= 4 is 5.97 Å². The van der Waals surface area contributed by atoms with E-state index in [9.17, 15) is 4.79 Å². The van der Waals surface area contributed by atoms with Crippen LogP contribution in [0.5, 0.6) is 0 Å². The lowest BCUT2D eigenvalue weighted by Crippen LogP contribution is -2.37. The van der Waals surface area contributed by atoms with E-state index in [0.29, 0.717) is 0 Å². The third-order valence-corrected chi connectivity index (χ3v) is 3.67. The van der Waals surface area contributed by atoms with Crippen LogP contribution in [0.4, 0.5) is 0 Å². The van der Waals surface area contributed by atoms with E-state index in [0.717, 1.165) is 25.2 Å². The molecule has 1 aliphatic heterocycles. The first kappa shape index (κ1) is 13.0. The van der Waals surface area contributed by atoms with E-state index in [2.05, 4.69) is 23.7 Å². The lowest BCUT2D eigenvalue weighted by molar-refractivity contribution is -0.138. The summed E-state index contributed by atoms with van der Waals surface area (Å²) in [5, 5.41) is 8.89. The largest absolute Gasteiger partial charge is 0.481 e. The first-order chi connectivity index (χ1) is 8.47. The number of carboxylic acids is 1. The Kier molecular flexibility index (Phi) is 3.66. The molecule has 1 N–H and O–H groups in total. The Hall–Kier alpha value is -1.42. The molecule has 2 rings (SSSR count). The summed E-state index contributed by atoms with van der Waals surface area (Å²) in [5.74, 6) is -0.448. The maximum absolute atomic E-state index is 10.8. The van der Waals surface area contributed by atoms with Crippen LogP contribution in [-0.2, 0) is 11.3 Å². The Morgan fingerprint density at radius 1 is 1.56 bits per heavy atom. The van der Waals surface area contributed by atoms with Gasteiger partial charge in [0.1, 0.15) is 0 Å². The molecule has 1 saturated heterocycles. The highest BCUT2D eigenvalue weighted by atomic mass is 16.4. The molecule has 1 unspecified atom stereocenters. The number of hydrogen-bond acceptors (Lipinski definition) is 3. The fourth-order valence-corrected chi connectivity index (χ4v) is 2.81. The molecule has 1 atom stereocenters. The minimum absolute atomic E-state index is 0.0532. The van der Waals surface area contributed by atoms with E-state index < -0.39 is 5.97 Å². The Morgan fingerprint density at radius 2 is 2.33 bits per heavy atom. The number of aromatic nitrogens is 1. The molecule has 4 heteroatoms. The van der Waals surface area contributed by atoms with E-state index >= 15 is 0 Å². The molecule has 2 heterocycles. The Balaban J connectivity index is 2.02. The number of rotatable bonds is 4. The number of nitrogens with zero attached hydrogens (tertiary/aromatic N) is 2. The van der Waals surface area contributed by atoms with Crippen molar-refractivity contribution in [3.05, 3.63) is 30.1 Å². The molecule has 0 amide bonds. The summed E-state index contributed by atoms with van der Waals surface area (Å²) in [6.45, 7) is 6.00. The molecule has 0 spiro atoms. The summed E-state index contributed by atoms with van der Waals surface area (Å²) in [7, 11) is 0. The fourth-order valence-electron chi connectivity index (χ4n) is 2.81. The molecule has 1 aliphatic rings. The summed E-state index contributed by atoms with van der Waals surface area (Å²) in [6.07, 6.45) is 3.00. The van der Waals surface area contributed by atoms with Crippen molar-refractivity contribution in [2.24, 2.45) is 5.92 Å². The lowest BCUT2D eigenvalue weighted by Gasteiger charge is -2.31. The van der Waals surface area contributed by atoms with Gasteiger partial charge in [-0.05, 0) is 38.3 Å². The van der Waals surface area contributed by atoms with Crippen molar-refractivity contribution in [2.75, 3.05) is 6.54 Å². The van der Waals surface area contributed by atoms with Crippen molar-refractivity contribution in [3.8, 4) is 0 Å². The molecule has 1 aromatic heterocycles. The van der Waals surface area contributed by atoms with E-state index in [-0.39, 0.29) is 17.9 Å². The topological polar surface area (TPSA) is 53.4 Å². The van der Waals surface area contributed by atoms with Gasteiger partial charge in [0.05, 0.1) is 5.69 Å². The zero-order valence-corrected chi connectivity index (χ0v) is 11.0. The number of hydrogen-bond donors (Lipinski definition) is 1. The maximum Gasteiger partial charge on any atom is 0.303 e. The van der Waals surface area contributed by atoms with Gasteiger partial charge in [-0.15, -0.1) is 0 Å². The number of carbonyl (C=O) groups is 1. The second-order valence-electron chi connectivity index (χ2n) is 5.68. The minimum Gasteiger partial charge on any atom is -0.481 e. The molecule has 98 valence electrons. The summed E-state index contributed by atoms with van der Waals surface area (Å²) in [5.41, 5.74) is 1.10. The highest BCUT2D eigenvalue weighted by Crippen LogP contribution is 2.35. The minimum atomic E-state index is -0.699. The van der Waals surface area contributed by atoms with Crippen LogP contribution in [0.15, 0.2) is 24.4 Å². The Labute approximate surface area is 108 Å². The van der Waals surface area contributed by atoms with Crippen molar-refractivity contribution in [3.63, 3.8) is 0 Å². The average molecular weight is 248 g/mol. The van der Waals surface area contributed by atoms with Gasteiger partial charge >= 0.3 is 5.97 Å². The first-order valence-corrected chi connectivity index (χ1v) is 6.34. The summed E-state index contributed by atoms with van der Waals surface area (Å²) < 4.78 is 0. The van der Waals surface area contributed by atoms with E-state index in [1.54, 1.807) is 6.20 Å². The molecule has 4 nitrogen and oxygen atoms in total. The highest BCUT2D eigenvalue weighted by Gasteiger charge is 2.38. The molecular formula is C14H20N2O2. The summed E-state index contributed by atoms with van der Waals surface area (Å²) in [6, 6.07) is 5.91. The molecule has 0 aromatic carbocycles. The third-order valence-electron chi connectivity index (χ3n) is 3.67. The van der Waals surface area contributed by atoms with Gasteiger partial charge < -0.3 is 5.11 Å². The zero-order chi connectivity index (χ0) is 13.2. The molecule has 0 bridgehead atoms. The number of aliphatic carboxylic acids is 1. The van der Waals surface area contributed by atoms with Gasteiger partial charge in [0, 0.05) is 31.2 Å². The van der Waals surface area contributed by atoms with Gasteiger partial charge in [0.25, 0.3) is 0 Å². The van der Waals surface area contributed by atoms with Crippen LogP contribution in [0.2, 0.25) is 0 Å². The zero-order valence-electron chi connectivity index (χ0n) is 11.0. The van der Waals surface area contributed by atoms with Crippen molar-refractivity contribution in [1.82, 2.24) is 9.88 Å². The molecule has 0 aliphatic carbocycles. The van der Waals surface area contributed by atoms with E-state index in [4.69, 9.17) is 5.11 Å². The van der Waals surface area contributed by atoms with Crippen LogP contribution in [0.3, 0.4) is 0 Å². The van der Waals surface area contributed by atoms with Crippen LogP contribution in [0, 0.1) is 5.92 Å². The van der Waals surface area contributed by atoms with Crippen molar-refractivity contribution < 1.29 is 9.90 Å². The number of pyridine rings is 1. The van der Waals surface area contributed by atoms with Gasteiger partial charge in [-0.1, -0.05) is 6.07 Å². The van der Waals surface area contributed by atoms with Gasteiger partial charge in [0.2, 0.25) is 0 Å². The lowest BCUT2D eigenvalue weighted by atomic mass is 9.94. The Bertz CT molecular complexity index is 417. The quantitative estimate of drug-likeness (QED) is 0.887. The molecule has 1 aromatic rings. The monoisotopic (exact) mass is 248 g/mol.